The summed E-state index contributed by atoms with van der Waals surface area (Å²) in [6.45, 7) is 0. The number of para-hydroxylation sites is 1. The first kappa shape index (κ1) is 33.4. The highest BCUT2D eigenvalue weighted by atomic mass is 32.2. The molecule has 0 bridgehead atoms. The van der Waals surface area contributed by atoms with Crippen LogP contribution in [0.3, 0.4) is 0 Å². The number of hydrogen-bond acceptors (Lipinski definition) is 7. The Morgan fingerprint density at radius 1 is 0.667 bits per heavy atom. The molecule has 0 aliphatic carbocycles. The van der Waals surface area contributed by atoms with E-state index in [0.29, 0.717) is 39.8 Å². The van der Waals surface area contributed by atoms with Crippen LogP contribution in [0.15, 0.2) is 138 Å². The minimum Gasteiger partial charge on any atom is -0.497 e. The first-order valence-electron chi connectivity index (χ1n) is 14.9. The summed E-state index contributed by atoms with van der Waals surface area (Å²) in [6, 6.07) is 37.5. The Kier molecular flexibility index (Phi) is 11.5. The first-order valence-corrected chi connectivity index (χ1v) is 15.9. The van der Waals surface area contributed by atoms with Gasteiger partial charge in [-0.25, -0.2) is 0 Å². The Hall–Kier alpha value is -6.00. The van der Waals surface area contributed by atoms with Gasteiger partial charge in [0, 0.05) is 27.4 Å². The highest BCUT2D eigenvalue weighted by Gasteiger charge is 2.17. The zero-order valence-electron chi connectivity index (χ0n) is 26.3. The summed E-state index contributed by atoms with van der Waals surface area (Å²) in [5.41, 5.74) is 2.10. The molecule has 10 heteroatoms. The summed E-state index contributed by atoms with van der Waals surface area (Å²) in [5.74, 6) is 1.50. The molecule has 0 fully saturated rings. The molecule has 0 saturated carbocycles. The fraction of sp³-hybridized carbons (Fsp3) is 0.0789. The number of carbonyl (C=O) groups excluding carboxylic acids is 3. The standard InChI is InChI=1S/C38H33N3O6S/c1-45-32-19-22-35(46-2)27(23-32)24-34(41-37(43)26-9-5-3-6-10-26)38(44)40-29-15-20-33(21-16-29)48-25-36(42)39-28-13-17-31(18-14-28)47-30-11-7-4-8-12-30/h3-24H,25H2,1-2H3,(H,39,42)(H,40,44)(H,41,43)/b34-24-. The van der Waals surface area contributed by atoms with Gasteiger partial charge in [0.1, 0.15) is 28.7 Å². The van der Waals surface area contributed by atoms with E-state index in [1.54, 1.807) is 97.1 Å². The maximum atomic E-state index is 13.5. The van der Waals surface area contributed by atoms with Crippen LogP contribution in [0.5, 0.6) is 23.0 Å². The van der Waals surface area contributed by atoms with Gasteiger partial charge < -0.3 is 30.2 Å². The minimum absolute atomic E-state index is 0.00481. The lowest BCUT2D eigenvalue weighted by Gasteiger charge is -2.13. The summed E-state index contributed by atoms with van der Waals surface area (Å²) >= 11 is 1.36. The Labute approximate surface area is 282 Å². The molecule has 5 rings (SSSR count). The molecule has 0 aromatic heterocycles. The van der Waals surface area contributed by atoms with Crippen molar-refractivity contribution in [1.82, 2.24) is 5.32 Å². The van der Waals surface area contributed by atoms with Crippen molar-refractivity contribution in [1.29, 1.82) is 0 Å². The Morgan fingerprint density at radius 2 is 1.27 bits per heavy atom. The van der Waals surface area contributed by atoms with E-state index in [-0.39, 0.29) is 17.4 Å². The molecule has 0 atom stereocenters. The summed E-state index contributed by atoms with van der Waals surface area (Å²) in [4.78, 5) is 39.9. The lowest BCUT2D eigenvalue weighted by atomic mass is 10.1. The molecule has 0 aliphatic heterocycles. The number of ether oxygens (including phenoxy) is 3. The van der Waals surface area contributed by atoms with E-state index in [2.05, 4.69) is 16.0 Å². The molecule has 0 saturated heterocycles. The highest BCUT2D eigenvalue weighted by molar-refractivity contribution is 8.00. The number of carbonyl (C=O) groups is 3. The van der Waals surface area contributed by atoms with Gasteiger partial charge in [0.25, 0.3) is 11.8 Å². The third kappa shape index (κ3) is 9.51. The third-order valence-corrected chi connectivity index (χ3v) is 7.88. The fourth-order valence-corrected chi connectivity index (χ4v) is 5.16. The third-order valence-electron chi connectivity index (χ3n) is 6.86. The van der Waals surface area contributed by atoms with Crippen molar-refractivity contribution in [3.8, 4) is 23.0 Å². The van der Waals surface area contributed by atoms with Crippen molar-refractivity contribution in [2.75, 3.05) is 30.6 Å². The monoisotopic (exact) mass is 659 g/mol. The van der Waals surface area contributed by atoms with E-state index >= 15 is 0 Å². The van der Waals surface area contributed by atoms with E-state index in [1.165, 1.54) is 32.1 Å². The smallest absolute Gasteiger partial charge is 0.272 e. The number of benzene rings is 5. The molecule has 5 aromatic carbocycles. The molecule has 5 aromatic rings. The molecule has 0 aliphatic rings. The van der Waals surface area contributed by atoms with Gasteiger partial charge in [-0.05, 0) is 97.1 Å². The van der Waals surface area contributed by atoms with Gasteiger partial charge in [-0.3, -0.25) is 14.4 Å². The van der Waals surface area contributed by atoms with Crippen molar-refractivity contribution >= 4 is 46.9 Å². The summed E-state index contributed by atoms with van der Waals surface area (Å²) < 4.78 is 16.6. The second-order valence-electron chi connectivity index (χ2n) is 10.2. The average molecular weight is 660 g/mol. The molecule has 242 valence electrons. The van der Waals surface area contributed by atoms with Crippen molar-refractivity contribution in [2.45, 2.75) is 4.90 Å². The number of anilines is 2. The van der Waals surface area contributed by atoms with Crippen LogP contribution in [0.1, 0.15) is 15.9 Å². The molecule has 0 spiro atoms. The highest BCUT2D eigenvalue weighted by Crippen LogP contribution is 2.27. The zero-order valence-corrected chi connectivity index (χ0v) is 27.1. The lowest BCUT2D eigenvalue weighted by molar-refractivity contribution is -0.114. The van der Waals surface area contributed by atoms with Crippen LogP contribution < -0.4 is 30.2 Å². The maximum absolute atomic E-state index is 13.5. The zero-order chi connectivity index (χ0) is 33.7. The molecule has 0 radical (unpaired) electrons. The first-order chi connectivity index (χ1) is 23.4. The van der Waals surface area contributed by atoms with Gasteiger partial charge in [-0.15, -0.1) is 11.8 Å². The number of methoxy groups -OCH3 is 2. The topological polar surface area (TPSA) is 115 Å². The Bertz CT molecular complexity index is 1880. The molecular formula is C38H33N3O6S. The van der Waals surface area contributed by atoms with E-state index in [1.807, 2.05) is 30.3 Å². The van der Waals surface area contributed by atoms with Crippen LogP contribution in [0.4, 0.5) is 11.4 Å². The SMILES string of the molecule is COc1ccc(OC)c(/C=C(\NC(=O)c2ccccc2)C(=O)Nc2ccc(SCC(=O)Nc3ccc(Oc4ccccc4)cc3)cc2)c1. The maximum Gasteiger partial charge on any atom is 0.272 e. The van der Waals surface area contributed by atoms with Crippen LogP contribution >= 0.6 is 11.8 Å². The summed E-state index contributed by atoms with van der Waals surface area (Å²) in [5, 5.41) is 8.45. The lowest BCUT2D eigenvalue weighted by Crippen LogP contribution is -2.30. The minimum atomic E-state index is -0.538. The normalized spacial score (nSPS) is 10.8. The summed E-state index contributed by atoms with van der Waals surface area (Å²) in [7, 11) is 3.06. The number of thioether (sulfide) groups is 1. The molecule has 0 heterocycles. The predicted molar refractivity (Wildman–Crippen MR) is 189 cm³/mol. The predicted octanol–water partition coefficient (Wildman–Crippen LogP) is 7.64. The van der Waals surface area contributed by atoms with E-state index in [9.17, 15) is 14.4 Å². The van der Waals surface area contributed by atoms with Gasteiger partial charge in [-0.1, -0.05) is 36.4 Å². The number of hydrogen-bond donors (Lipinski definition) is 3. The molecule has 48 heavy (non-hydrogen) atoms. The van der Waals surface area contributed by atoms with Crippen molar-refractivity contribution in [3.05, 3.63) is 144 Å². The molecule has 3 amide bonds. The average Bonchev–Trinajstić information content (AvgIpc) is 3.12. The van der Waals surface area contributed by atoms with Gasteiger partial charge in [0.15, 0.2) is 0 Å². The summed E-state index contributed by atoms with van der Waals surface area (Å²) in [6.07, 6.45) is 1.53. The van der Waals surface area contributed by atoms with Gasteiger partial charge in [0.05, 0.1) is 20.0 Å². The van der Waals surface area contributed by atoms with Crippen LogP contribution in [0.2, 0.25) is 0 Å². The molecule has 3 N–H and O–H groups in total. The van der Waals surface area contributed by atoms with Crippen LogP contribution in [-0.4, -0.2) is 37.7 Å². The number of rotatable bonds is 13. The van der Waals surface area contributed by atoms with Gasteiger partial charge in [0.2, 0.25) is 5.91 Å². The van der Waals surface area contributed by atoms with Gasteiger partial charge >= 0.3 is 0 Å². The van der Waals surface area contributed by atoms with E-state index < -0.39 is 11.8 Å². The van der Waals surface area contributed by atoms with Crippen molar-refractivity contribution in [3.63, 3.8) is 0 Å². The molecule has 9 nitrogen and oxygen atoms in total. The quantitative estimate of drug-likeness (QED) is 0.0879. The second kappa shape index (κ2) is 16.5. The Morgan fingerprint density at radius 3 is 1.94 bits per heavy atom. The fourth-order valence-electron chi connectivity index (χ4n) is 4.46. The van der Waals surface area contributed by atoms with Gasteiger partial charge in [-0.2, -0.15) is 0 Å². The van der Waals surface area contributed by atoms with Crippen LogP contribution in [0.25, 0.3) is 6.08 Å². The van der Waals surface area contributed by atoms with E-state index in [0.717, 1.165) is 10.6 Å². The van der Waals surface area contributed by atoms with E-state index in [4.69, 9.17) is 14.2 Å². The molecular weight excluding hydrogens is 626 g/mol. The molecule has 0 unspecified atom stereocenters. The second-order valence-corrected chi connectivity index (χ2v) is 11.3. The number of nitrogens with one attached hydrogen (secondary N) is 3. The largest absolute Gasteiger partial charge is 0.497 e. The Balaban J connectivity index is 1.20. The number of amides is 3. The van der Waals surface area contributed by atoms with Crippen molar-refractivity contribution < 1.29 is 28.6 Å². The van der Waals surface area contributed by atoms with Crippen molar-refractivity contribution in [2.24, 2.45) is 0 Å². The van der Waals surface area contributed by atoms with Crippen LogP contribution in [-0.2, 0) is 9.59 Å². The van der Waals surface area contributed by atoms with Crippen LogP contribution in [0, 0.1) is 0 Å².